The lowest BCUT2D eigenvalue weighted by atomic mass is 9.86. The van der Waals surface area contributed by atoms with Crippen LogP contribution < -0.4 is 22.2 Å². The summed E-state index contributed by atoms with van der Waals surface area (Å²) in [5.41, 5.74) is 13.4. The Bertz CT molecular complexity index is 1400. The Morgan fingerprint density at radius 1 is 1.18 bits per heavy atom. The van der Waals surface area contributed by atoms with Crippen LogP contribution in [0.1, 0.15) is 23.2 Å². The van der Waals surface area contributed by atoms with Crippen molar-refractivity contribution in [3.63, 3.8) is 0 Å². The van der Waals surface area contributed by atoms with Crippen LogP contribution in [0.2, 0.25) is 0 Å². The number of anilines is 2. The first kappa shape index (κ1) is 21.0. The molecule has 8 nitrogen and oxygen atoms in total. The zero-order valence-corrected chi connectivity index (χ0v) is 17.1. The summed E-state index contributed by atoms with van der Waals surface area (Å²) in [5, 5.41) is 3.36. The number of H-pyrrole nitrogens is 1. The van der Waals surface area contributed by atoms with E-state index < -0.39 is 24.0 Å². The second-order valence-electron chi connectivity index (χ2n) is 8.08. The molecule has 3 heterocycles. The van der Waals surface area contributed by atoms with Gasteiger partial charge in [0.05, 0.1) is 16.5 Å². The Balaban J connectivity index is 1.72. The number of nitrogens with zero attached hydrogens (tertiary/aromatic N) is 3. The highest BCUT2D eigenvalue weighted by Crippen LogP contribution is 2.43. The highest BCUT2D eigenvalue weighted by molar-refractivity contribution is 6.38. The molecule has 1 aliphatic rings. The third kappa shape index (κ3) is 3.71. The van der Waals surface area contributed by atoms with Crippen LogP contribution in [0.15, 0.2) is 30.7 Å². The van der Waals surface area contributed by atoms with Crippen molar-refractivity contribution >= 4 is 52.8 Å². The molecule has 0 saturated heterocycles. The molecular weight excluding hydrogens is 434 g/mol. The van der Waals surface area contributed by atoms with Gasteiger partial charge in [-0.05, 0) is 30.4 Å². The fraction of sp³-hybridized carbons (Fsp3) is 0.238. The minimum Gasteiger partial charge on any atom is -0.368 e. The molecule has 1 fully saturated rings. The lowest BCUT2D eigenvalue weighted by Crippen LogP contribution is -2.38. The molecule has 1 aromatic carbocycles. The van der Waals surface area contributed by atoms with Crippen molar-refractivity contribution < 1.29 is 18.0 Å². The Morgan fingerprint density at radius 3 is 2.48 bits per heavy atom. The van der Waals surface area contributed by atoms with E-state index in [1.807, 2.05) is 0 Å². The van der Waals surface area contributed by atoms with Crippen LogP contribution in [-0.4, -0.2) is 45.9 Å². The smallest absolute Gasteiger partial charge is 0.368 e. The van der Waals surface area contributed by atoms with Crippen molar-refractivity contribution in [2.24, 2.45) is 11.7 Å². The van der Waals surface area contributed by atoms with Crippen LogP contribution in [-0.2, 0) is 0 Å². The van der Waals surface area contributed by atoms with Crippen LogP contribution >= 0.6 is 0 Å². The summed E-state index contributed by atoms with van der Waals surface area (Å²) in [6.07, 6.45) is 0.692. The number of carbonyl (C=O) groups excluding carboxylic acids is 1. The number of hydrogen-bond acceptors (Lipinski definition) is 6. The molecule has 0 aliphatic heterocycles. The molecule has 166 valence electrons. The molecule has 0 bridgehead atoms. The molecule has 12 heteroatoms. The van der Waals surface area contributed by atoms with Gasteiger partial charge in [0.15, 0.2) is 0 Å². The highest BCUT2D eigenvalue weighted by Gasteiger charge is 2.49. The van der Waals surface area contributed by atoms with E-state index in [9.17, 15) is 18.0 Å². The molecule has 1 amide bonds. The molecule has 1 unspecified atom stereocenters. The fourth-order valence-electron chi connectivity index (χ4n) is 4.03. The predicted molar refractivity (Wildman–Crippen MR) is 119 cm³/mol. The van der Waals surface area contributed by atoms with Gasteiger partial charge in [0.25, 0.3) is 5.91 Å². The number of nitrogen functional groups attached to an aromatic ring is 1. The second kappa shape index (κ2) is 7.36. The standard InChI is InChI=1S/C21H17BF3N7O/c22-13-3-11-14(4-10(13)9-5-29-20(27)30-6-9)31-16-12(18(26)33)7-28-19(15(11)16)32-17(8-1-2-8)21(23,24)25/h3-8,17,31H,1-2H2,(H2,26,33)(H,28,32)(H2,27,29,30). The topological polar surface area (TPSA) is 136 Å². The van der Waals surface area contributed by atoms with Gasteiger partial charge >= 0.3 is 6.18 Å². The molecular formula is C21H17BF3N7O. The first-order chi connectivity index (χ1) is 15.6. The average molecular weight is 451 g/mol. The van der Waals surface area contributed by atoms with Crippen molar-refractivity contribution in [1.82, 2.24) is 19.9 Å². The van der Waals surface area contributed by atoms with Gasteiger partial charge in [0, 0.05) is 35.1 Å². The molecule has 0 spiro atoms. The third-order valence-corrected chi connectivity index (χ3v) is 5.78. The van der Waals surface area contributed by atoms with E-state index in [1.165, 1.54) is 18.6 Å². The van der Waals surface area contributed by atoms with Crippen molar-refractivity contribution in [3.8, 4) is 11.1 Å². The van der Waals surface area contributed by atoms with Gasteiger partial charge in [-0.25, -0.2) is 15.0 Å². The van der Waals surface area contributed by atoms with E-state index in [4.69, 9.17) is 19.3 Å². The summed E-state index contributed by atoms with van der Waals surface area (Å²) in [4.78, 5) is 27.1. The number of rotatable bonds is 5. The predicted octanol–water partition coefficient (Wildman–Crippen LogP) is 2.40. The molecule has 1 saturated carbocycles. The summed E-state index contributed by atoms with van der Waals surface area (Å²) in [6, 6.07) is 1.56. The zero-order chi connectivity index (χ0) is 23.5. The average Bonchev–Trinajstić information content (AvgIpc) is 3.51. The van der Waals surface area contributed by atoms with E-state index >= 15 is 0 Å². The normalized spacial score (nSPS) is 15.1. The number of primary amides is 1. The monoisotopic (exact) mass is 451 g/mol. The number of fused-ring (bicyclic) bond motifs is 3. The maximum absolute atomic E-state index is 13.7. The zero-order valence-electron chi connectivity index (χ0n) is 17.1. The van der Waals surface area contributed by atoms with E-state index in [0.717, 1.165) is 0 Å². The lowest BCUT2D eigenvalue weighted by Gasteiger charge is -2.22. The van der Waals surface area contributed by atoms with Gasteiger partial charge in [-0.3, -0.25) is 4.79 Å². The molecule has 33 heavy (non-hydrogen) atoms. The summed E-state index contributed by atoms with van der Waals surface area (Å²) in [6.45, 7) is 0. The Labute approximate surface area is 186 Å². The van der Waals surface area contributed by atoms with Crippen LogP contribution in [0.25, 0.3) is 32.9 Å². The maximum atomic E-state index is 13.7. The number of aromatic nitrogens is 4. The number of carbonyl (C=O) groups is 1. The number of nitrogens with two attached hydrogens (primary N) is 2. The Morgan fingerprint density at radius 2 is 1.88 bits per heavy atom. The summed E-state index contributed by atoms with van der Waals surface area (Å²) in [5.74, 6) is -1.18. The van der Waals surface area contributed by atoms with Crippen LogP contribution in [0.3, 0.4) is 0 Å². The van der Waals surface area contributed by atoms with E-state index in [0.29, 0.717) is 45.7 Å². The Hall–Kier alpha value is -3.83. The van der Waals surface area contributed by atoms with Gasteiger partial charge in [0.2, 0.25) is 5.95 Å². The molecule has 1 aliphatic carbocycles. The molecule has 1 atom stereocenters. The van der Waals surface area contributed by atoms with Crippen molar-refractivity contribution in [3.05, 3.63) is 36.3 Å². The van der Waals surface area contributed by atoms with E-state index in [-0.39, 0.29) is 22.8 Å². The SMILES string of the molecule is [B]c1cc2c(cc1-c1cnc(N)nc1)[nH]c1c(C(N)=O)cnc(NC(C3CC3)C(F)(F)F)c12. The number of aromatic amines is 1. The quantitative estimate of drug-likeness (QED) is 0.344. The molecule has 3 aromatic heterocycles. The van der Waals surface area contributed by atoms with E-state index in [2.05, 4.69) is 25.3 Å². The number of benzene rings is 1. The number of nitrogens with one attached hydrogen (secondary N) is 2. The minimum absolute atomic E-state index is 0.00144. The summed E-state index contributed by atoms with van der Waals surface area (Å²) in [7, 11) is 6.27. The first-order valence-corrected chi connectivity index (χ1v) is 10.1. The third-order valence-electron chi connectivity index (χ3n) is 5.78. The molecule has 2 radical (unpaired) electrons. The first-order valence-electron chi connectivity index (χ1n) is 10.1. The number of hydrogen-bond donors (Lipinski definition) is 4. The van der Waals surface area contributed by atoms with Crippen molar-refractivity contribution in [1.29, 1.82) is 0 Å². The fourth-order valence-corrected chi connectivity index (χ4v) is 4.03. The maximum Gasteiger partial charge on any atom is 0.408 e. The van der Waals surface area contributed by atoms with Crippen LogP contribution in [0.4, 0.5) is 24.9 Å². The minimum atomic E-state index is -4.45. The molecule has 5 rings (SSSR count). The highest BCUT2D eigenvalue weighted by atomic mass is 19.4. The summed E-state index contributed by atoms with van der Waals surface area (Å²) < 4.78 is 41.0. The number of alkyl halides is 3. The second-order valence-corrected chi connectivity index (χ2v) is 8.08. The van der Waals surface area contributed by atoms with Gasteiger partial charge < -0.3 is 21.8 Å². The molecule has 6 N–H and O–H groups in total. The number of amides is 1. The lowest BCUT2D eigenvalue weighted by molar-refractivity contribution is -0.146. The summed E-state index contributed by atoms with van der Waals surface area (Å²) >= 11 is 0. The van der Waals surface area contributed by atoms with Crippen molar-refractivity contribution in [2.45, 2.75) is 25.1 Å². The Kier molecular flexibility index (Phi) is 4.69. The largest absolute Gasteiger partial charge is 0.408 e. The van der Waals surface area contributed by atoms with Gasteiger partial charge in [0.1, 0.15) is 19.7 Å². The van der Waals surface area contributed by atoms with Gasteiger partial charge in [-0.1, -0.05) is 11.5 Å². The number of pyridine rings is 1. The van der Waals surface area contributed by atoms with Gasteiger partial charge in [-0.2, -0.15) is 13.2 Å². The van der Waals surface area contributed by atoms with Crippen LogP contribution in [0, 0.1) is 5.92 Å². The van der Waals surface area contributed by atoms with Crippen LogP contribution in [0.5, 0.6) is 0 Å². The number of halogens is 3. The van der Waals surface area contributed by atoms with Gasteiger partial charge in [-0.15, -0.1) is 0 Å². The molecule has 4 aromatic rings. The van der Waals surface area contributed by atoms with Crippen molar-refractivity contribution in [2.75, 3.05) is 11.1 Å². The van der Waals surface area contributed by atoms with E-state index in [1.54, 1.807) is 12.1 Å².